The second kappa shape index (κ2) is 5.04. The molecule has 0 rings (SSSR count). The monoisotopic (exact) mass is 157 g/mol. The van der Waals surface area contributed by atoms with Crippen molar-refractivity contribution in [2.24, 2.45) is 0 Å². The van der Waals surface area contributed by atoms with Crippen LogP contribution in [0.1, 0.15) is 19.8 Å². The van der Waals surface area contributed by atoms with Gasteiger partial charge in [0, 0.05) is 20.0 Å². The topological polar surface area (TPSA) is 40.5 Å². The number of carbonyl (C=O) groups is 1. The fraction of sp³-hybridized carbons (Fsp3) is 0.625. The van der Waals surface area contributed by atoms with Gasteiger partial charge >= 0.3 is 0 Å². The van der Waals surface area contributed by atoms with Crippen molar-refractivity contribution in [3.8, 4) is 0 Å². The van der Waals surface area contributed by atoms with Crippen molar-refractivity contribution in [1.29, 1.82) is 0 Å². The van der Waals surface area contributed by atoms with Crippen molar-refractivity contribution < 1.29 is 10.0 Å². The fourth-order valence-electron chi connectivity index (χ4n) is 0.682. The number of hydrogen-bond acceptors (Lipinski definition) is 3. The number of hydrogen-bond donors (Lipinski definition) is 1. The molecule has 0 aliphatic carbocycles. The van der Waals surface area contributed by atoms with Gasteiger partial charge in [-0.15, -0.1) is 0 Å². The Hall–Kier alpha value is -0.670. The standard InChI is InChI=1S/C8H15NO2/c1-7(2)8(10)5-4-6-9(3)11/h11H,1,4-6H2,2-3H3. The van der Waals surface area contributed by atoms with E-state index in [1.54, 1.807) is 14.0 Å². The van der Waals surface area contributed by atoms with Gasteiger partial charge in [0.1, 0.15) is 0 Å². The summed E-state index contributed by atoms with van der Waals surface area (Å²) in [6.45, 7) is 5.75. The quantitative estimate of drug-likeness (QED) is 0.482. The summed E-state index contributed by atoms with van der Waals surface area (Å²) in [6, 6.07) is 0. The van der Waals surface area contributed by atoms with Gasteiger partial charge in [-0.2, -0.15) is 5.06 Å². The molecule has 0 aromatic rings. The normalized spacial score (nSPS) is 10.2. The lowest BCUT2D eigenvalue weighted by molar-refractivity contribution is -0.116. The Bertz CT molecular complexity index is 152. The van der Waals surface area contributed by atoms with E-state index in [1.807, 2.05) is 0 Å². The molecule has 1 N–H and O–H groups in total. The Kier molecular flexibility index (Phi) is 4.74. The lowest BCUT2D eigenvalue weighted by Gasteiger charge is -2.06. The Morgan fingerprint density at radius 3 is 2.55 bits per heavy atom. The maximum Gasteiger partial charge on any atom is 0.158 e. The number of nitrogens with zero attached hydrogens (tertiary/aromatic N) is 1. The van der Waals surface area contributed by atoms with Crippen molar-refractivity contribution in [3.63, 3.8) is 0 Å². The summed E-state index contributed by atoms with van der Waals surface area (Å²) < 4.78 is 0. The van der Waals surface area contributed by atoms with Gasteiger partial charge in [-0.25, -0.2) is 0 Å². The summed E-state index contributed by atoms with van der Waals surface area (Å²) in [5, 5.41) is 9.78. The summed E-state index contributed by atoms with van der Waals surface area (Å²) in [4.78, 5) is 10.9. The van der Waals surface area contributed by atoms with E-state index in [0.29, 0.717) is 25.0 Å². The molecule has 0 aromatic carbocycles. The zero-order valence-electron chi connectivity index (χ0n) is 7.13. The molecule has 0 aliphatic rings. The number of ketones is 1. The van der Waals surface area contributed by atoms with Crippen LogP contribution in [-0.2, 0) is 4.79 Å². The number of allylic oxidation sites excluding steroid dienone is 1. The Balaban J connectivity index is 3.40. The minimum absolute atomic E-state index is 0.0758. The van der Waals surface area contributed by atoms with Crippen molar-refractivity contribution in [1.82, 2.24) is 5.06 Å². The van der Waals surface area contributed by atoms with Crippen LogP contribution >= 0.6 is 0 Å². The van der Waals surface area contributed by atoms with Gasteiger partial charge in [0.2, 0.25) is 0 Å². The molecule has 0 aliphatic heterocycles. The molecular weight excluding hydrogens is 142 g/mol. The predicted octanol–water partition coefficient (Wildman–Crippen LogP) is 1.23. The first-order chi connectivity index (χ1) is 5.04. The van der Waals surface area contributed by atoms with Crippen LogP contribution in [0.4, 0.5) is 0 Å². The van der Waals surface area contributed by atoms with Crippen molar-refractivity contribution in [2.75, 3.05) is 13.6 Å². The van der Waals surface area contributed by atoms with E-state index in [4.69, 9.17) is 5.21 Å². The SMILES string of the molecule is C=C(C)C(=O)CCCN(C)O. The molecule has 11 heavy (non-hydrogen) atoms. The zero-order chi connectivity index (χ0) is 8.85. The van der Waals surface area contributed by atoms with Gasteiger partial charge in [0.15, 0.2) is 5.78 Å². The Morgan fingerprint density at radius 2 is 2.18 bits per heavy atom. The van der Waals surface area contributed by atoms with Crippen molar-refractivity contribution in [2.45, 2.75) is 19.8 Å². The molecule has 0 amide bonds. The summed E-state index contributed by atoms with van der Waals surface area (Å²) in [6.07, 6.45) is 1.15. The van der Waals surface area contributed by atoms with Gasteiger partial charge in [0.25, 0.3) is 0 Å². The van der Waals surface area contributed by atoms with Crippen molar-refractivity contribution in [3.05, 3.63) is 12.2 Å². The number of rotatable bonds is 5. The molecule has 0 saturated heterocycles. The fourth-order valence-corrected chi connectivity index (χ4v) is 0.682. The molecular formula is C8H15NO2. The summed E-state index contributed by atoms with van der Waals surface area (Å²) >= 11 is 0. The highest BCUT2D eigenvalue weighted by Crippen LogP contribution is 1.99. The average molecular weight is 157 g/mol. The first-order valence-electron chi connectivity index (χ1n) is 3.62. The first-order valence-corrected chi connectivity index (χ1v) is 3.62. The summed E-state index contributed by atoms with van der Waals surface area (Å²) in [7, 11) is 1.56. The molecule has 3 nitrogen and oxygen atoms in total. The molecule has 3 heteroatoms. The highest BCUT2D eigenvalue weighted by molar-refractivity contribution is 5.93. The molecule has 0 aromatic heterocycles. The van der Waals surface area contributed by atoms with Gasteiger partial charge in [0.05, 0.1) is 0 Å². The predicted molar refractivity (Wildman–Crippen MR) is 43.5 cm³/mol. The molecule has 0 bridgehead atoms. The van der Waals surface area contributed by atoms with Crippen LogP contribution in [0.25, 0.3) is 0 Å². The molecule has 0 radical (unpaired) electrons. The van der Waals surface area contributed by atoms with E-state index in [9.17, 15) is 4.79 Å². The Morgan fingerprint density at radius 1 is 1.64 bits per heavy atom. The maximum absolute atomic E-state index is 10.9. The lowest BCUT2D eigenvalue weighted by atomic mass is 10.1. The van der Waals surface area contributed by atoms with Gasteiger partial charge in [-0.05, 0) is 18.9 Å². The average Bonchev–Trinajstić information content (AvgIpc) is 1.86. The van der Waals surface area contributed by atoms with Crippen LogP contribution in [0, 0.1) is 0 Å². The van der Waals surface area contributed by atoms with Gasteiger partial charge in [-0.1, -0.05) is 6.58 Å². The van der Waals surface area contributed by atoms with E-state index in [1.165, 1.54) is 0 Å². The third-order valence-corrected chi connectivity index (χ3v) is 1.36. The second-order valence-corrected chi connectivity index (χ2v) is 2.69. The van der Waals surface area contributed by atoms with Crippen LogP contribution < -0.4 is 0 Å². The summed E-state index contributed by atoms with van der Waals surface area (Å²) in [5.41, 5.74) is 0.589. The van der Waals surface area contributed by atoms with E-state index < -0.39 is 0 Å². The molecule has 0 atom stereocenters. The third-order valence-electron chi connectivity index (χ3n) is 1.36. The summed E-state index contributed by atoms with van der Waals surface area (Å²) in [5.74, 6) is 0.0758. The first kappa shape index (κ1) is 10.3. The minimum Gasteiger partial charge on any atom is -0.314 e. The highest BCUT2D eigenvalue weighted by atomic mass is 16.5. The van der Waals surface area contributed by atoms with Gasteiger partial charge < -0.3 is 5.21 Å². The maximum atomic E-state index is 10.9. The molecule has 0 fully saturated rings. The van der Waals surface area contributed by atoms with Crippen LogP contribution in [-0.4, -0.2) is 29.6 Å². The number of hydroxylamine groups is 2. The largest absolute Gasteiger partial charge is 0.314 e. The van der Waals surface area contributed by atoms with E-state index >= 15 is 0 Å². The van der Waals surface area contributed by atoms with Crippen molar-refractivity contribution >= 4 is 5.78 Å². The lowest BCUT2D eigenvalue weighted by Crippen LogP contribution is -2.15. The smallest absolute Gasteiger partial charge is 0.158 e. The number of carbonyl (C=O) groups excluding carboxylic acids is 1. The van der Waals surface area contributed by atoms with Crippen LogP contribution in [0.15, 0.2) is 12.2 Å². The number of Topliss-reactive ketones (excluding diaryl/α,β-unsaturated/α-hetero) is 1. The van der Waals surface area contributed by atoms with E-state index in [0.717, 1.165) is 5.06 Å². The molecule has 0 heterocycles. The second-order valence-electron chi connectivity index (χ2n) is 2.69. The van der Waals surface area contributed by atoms with Crippen LogP contribution in [0.3, 0.4) is 0 Å². The molecule has 0 saturated carbocycles. The third kappa shape index (κ3) is 5.76. The van der Waals surface area contributed by atoms with E-state index in [-0.39, 0.29) is 5.78 Å². The minimum atomic E-state index is 0.0758. The Labute approximate surface area is 67.3 Å². The molecule has 0 spiro atoms. The molecule has 64 valence electrons. The molecule has 0 unspecified atom stereocenters. The highest BCUT2D eigenvalue weighted by Gasteiger charge is 2.01. The van der Waals surface area contributed by atoms with E-state index in [2.05, 4.69) is 6.58 Å². The van der Waals surface area contributed by atoms with Crippen LogP contribution in [0.2, 0.25) is 0 Å². The zero-order valence-corrected chi connectivity index (χ0v) is 7.13. The van der Waals surface area contributed by atoms with Gasteiger partial charge in [-0.3, -0.25) is 4.79 Å². The van der Waals surface area contributed by atoms with Crippen LogP contribution in [0.5, 0.6) is 0 Å².